The van der Waals surface area contributed by atoms with Crippen molar-refractivity contribution in [3.05, 3.63) is 29.0 Å². The standard InChI is InChI=1S/C11H13N3O4S2/c1-3-14-6-10(12-7(14)2)20(17,18)13-9-5-4-8(19-9)11(15)16/h4-6,13H,3H2,1-2H3,(H,15,16). The molecule has 0 aliphatic heterocycles. The van der Waals surface area contributed by atoms with Crippen LogP contribution in [0.1, 0.15) is 22.4 Å². The van der Waals surface area contributed by atoms with Crippen molar-refractivity contribution in [1.29, 1.82) is 0 Å². The Bertz CT molecular complexity index is 746. The molecule has 7 nitrogen and oxygen atoms in total. The first-order valence-electron chi connectivity index (χ1n) is 5.73. The maximum atomic E-state index is 12.1. The van der Waals surface area contributed by atoms with Crippen LogP contribution in [0.4, 0.5) is 5.00 Å². The van der Waals surface area contributed by atoms with Crippen molar-refractivity contribution in [3.8, 4) is 0 Å². The van der Waals surface area contributed by atoms with Crippen LogP contribution >= 0.6 is 11.3 Å². The van der Waals surface area contributed by atoms with Crippen LogP contribution in [0.2, 0.25) is 0 Å². The molecule has 0 unspecified atom stereocenters. The van der Waals surface area contributed by atoms with E-state index in [2.05, 4.69) is 9.71 Å². The summed E-state index contributed by atoms with van der Waals surface area (Å²) < 4.78 is 28.3. The Kier molecular flexibility index (Phi) is 3.82. The summed E-state index contributed by atoms with van der Waals surface area (Å²) in [6.07, 6.45) is 1.45. The van der Waals surface area contributed by atoms with E-state index in [4.69, 9.17) is 5.11 Å². The summed E-state index contributed by atoms with van der Waals surface area (Å²) in [6, 6.07) is 2.76. The molecule has 0 radical (unpaired) electrons. The van der Waals surface area contributed by atoms with Crippen LogP contribution in [0.25, 0.3) is 0 Å². The fourth-order valence-corrected chi connectivity index (χ4v) is 3.67. The SMILES string of the molecule is CCn1cc(S(=O)(=O)Nc2ccc(C(=O)O)s2)nc1C. The molecule has 2 aromatic rings. The molecule has 0 bridgehead atoms. The highest BCUT2D eigenvalue weighted by atomic mass is 32.2. The number of aromatic nitrogens is 2. The van der Waals surface area contributed by atoms with Gasteiger partial charge in [-0.15, -0.1) is 11.3 Å². The van der Waals surface area contributed by atoms with Gasteiger partial charge in [-0.25, -0.2) is 9.78 Å². The van der Waals surface area contributed by atoms with E-state index in [9.17, 15) is 13.2 Å². The van der Waals surface area contributed by atoms with E-state index in [1.807, 2.05) is 6.92 Å². The van der Waals surface area contributed by atoms with E-state index in [0.717, 1.165) is 11.3 Å². The zero-order chi connectivity index (χ0) is 14.9. The third-order valence-corrected chi connectivity index (χ3v) is 4.98. The number of thiophene rings is 1. The molecule has 0 aromatic carbocycles. The van der Waals surface area contributed by atoms with Gasteiger partial charge in [-0.05, 0) is 26.0 Å². The number of carbonyl (C=O) groups is 1. The monoisotopic (exact) mass is 315 g/mol. The lowest BCUT2D eigenvalue weighted by atomic mass is 10.5. The number of imidazole rings is 1. The Hall–Kier alpha value is -1.87. The summed E-state index contributed by atoms with van der Waals surface area (Å²) in [6.45, 7) is 4.23. The van der Waals surface area contributed by atoms with Crippen molar-refractivity contribution in [3.63, 3.8) is 0 Å². The number of carboxylic acid groups (broad SMARTS) is 1. The van der Waals surface area contributed by atoms with Crippen LogP contribution in [-0.4, -0.2) is 29.0 Å². The average molecular weight is 315 g/mol. The number of hydrogen-bond acceptors (Lipinski definition) is 5. The van der Waals surface area contributed by atoms with Gasteiger partial charge in [-0.2, -0.15) is 8.42 Å². The molecule has 2 aromatic heterocycles. The molecule has 0 spiro atoms. The summed E-state index contributed by atoms with van der Waals surface area (Å²) in [4.78, 5) is 14.8. The van der Waals surface area contributed by atoms with Crippen LogP contribution < -0.4 is 4.72 Å². The molecular weight excluding hydrogens is 302 g/mol. The summed E-state index contributed by atoms with van der Waals surface area (Å²) >= 11 is 0.855. The normalized spacial score (nSPS) is 11.5. The van der Waals surface area contributed by atoms with Crippen molar-refractivity contribution >= 4 is 32.3 Å². The summed E-state index contributed by atoms with van der Waals surface area (Å²) in [5.41, 5.74) is 0. The van der Waals surface area contributed by atoms with Crippen LogP contribution in [0, 0.1) is 6.92 Å². The fraction of sp³-hybridized carbons (Fsp3) is 0.273. The maximum Gasteiger partial charge on any atom is 0.345 e. The smallest absolute Gasteiger partial charge is 0.345 e. The molecule has 2 heterocycles. The number of rotatable bonds is 5. The van der Waals surface area contributed by atoms with E-state index in [0.29, 0.717) is 12.4 Å². The van der Waals surface area contributed by atoms with Gasteiger partial charge in [0.1, 0.15) is 15.7 Å². The van der Waals surface area contributed by atoms with E-state index in [1.54, 1.807) is 11.5 Å². The number of hydrogen-bond donors (Lipinski definition) is 2. The Balaban J connectivity index is 2.27. The number of anilines is 1. The van der Waals surface area contributed by atoms with Gasteiger partial charge in [-0.1, -0.05) is 0 Å². The van der Waals surface area contributed by atoms with Crippen molar-refractivity contribution < 1.29 is 18.3 Å². The van der Waals surface area contributed by atoms with Gasteiger partial charge in [-0.3, -0.25) is 4.72 Å². The number of aromatic carboxylic acids is 1. The Morgan fingerprint density at radius 2 is 2.20 bits per heavy atom. The molecule has 20 heavy (non-hydrogen) atoms. The minimum absolute atomic E-state index is 0.0676. The summed E-state index contributed by atoms with van der Waals surface area (Å²) in [7, 11) is -3.80. The molecule has 2 N–H and O–H groups in total. The van der Waals surface area contributed by atoms with E-state index in [1.165, 1.54) is 18.3 Å². The van der Waals surface area contributed by atoms with Gasteiger partial charge in [0.15, 0.2) is 5.03 Å². The highest BCUT2D eigenvalue weighted by Crippen LogP contribution is 2.24. The lowest BCUT2D eigenvalue weighted by Gasteiger charge is -2.01. The van der Waals surface area contributed by atoms with Gasteiger partial charge in [0.05, 0.1) is 0 Å². The number of carboxylic acids is 1. The Morgan fingerprint density at radius 1 is 1.50 bits per heavy atom. The van der Waals surface area contributed by atoms with Crippen LogP contribution in [-0.2, 0) is 16.6 Å². The van der Waals surface area contributed by atoms with Gasteiger partial charge >= 0.3 is 5.97 Å². The predicted octanol–water partition coefficient (Wildman–Crippen LogP) is 1.77. The largest absolute Gasteiger partial charge is 0.477 e. The molecule has 0 amide bonds. The molecule has 9 heteroatoms. The number of nitrogens with zero attached hydrogens (tertiary/aromatic N) is 2. The lowest BCUT2D eigenvalue weighted by molar-refractivity contribution is 0.0702. The Labute approximate surface area is 119 Å². The summed E-state index contributed by atoms with van der Waals surface area (Å²) in [5.74, 6) is -0.489. The van der Waals surface area contributed by atoms with E-state index in [-0.39, 0.29) is 14.9 Å². The molecule has 0 fully saturated rings. The van der Waals surface area contributed by atoms with Crippen molar-refractivity contribution in [2.75, 3.05) is 4.72 Å². The molecule has 2 rings (SSSR count). The van der Waals surface area contributed by atoms with Crippen LogP contribution in [0.3, 0.4) is 0 Å². The average Bonchev–Trinajstić information content (AvgIpc) is 2.95. The Morgan fingerprint density at radius 3 is 2.70 bits per heavy atom. The molecule has 0 aliphatic carbocycles. The van der Waals surface area contributed by atoms with Crippen molar-refractivity contribution in [1.82, 2.24) is 9.55 Å². The van der Waals surface area contributed by atoms with Crippen molar-refractivity contribution in [2.45, 2.75) is 25.4 Å². The molecule has 0 atom stereocenters. The topological polar surface area (TPSA) is 101 Å². The minimum Gasteiger partial charge on any atom is -0.477 e. The second kappa shape index (κ2) is 5.25. The highest BCUT2D eigenvalue weighted by molar-refractivity contribution is 7.92. The highest BCUT2D eigenvalue weighted by Gasteiger charge is 2.20. The second-order valence-electron chi connectivity index (χ2n) is 3.99. The number of nitrogens with one attached hydrogen (secondary N) is 1. The molecule has 108 valence electrons. The van der Waals surface area contributed by atoms with E-state index >= 15 is 0 Å². The van der Waals surface area contributed by atoms with Gasteiger partial charge in [0.2, 0.25) is 0 Å². The van der Waals surface area contributed by atoms with Gasteiger partial charge < -0.3 is 9.67 Å². The quantitative estimate of drug-likeness (QED) is 0.875. The molecule has 0 saturated heterocycles. The van der Waals surface area contributed by atoms with Gasteiger partial charge in [0.25, 0.3) is 10.0 Å². The lowest BCUT2D eigenvalue weighted by Crippen LogP contribution is -2.12. The maximum absolute atomic E-state index is 12.1. The fourth-order valence-electron chi connectivity index (χ4n) is 1.62. The van der Waals surface area contributed by atoms with Crippen LogP contribution in [0.5, 0.6) is 0 Å². The first kappa shape index (κ1) is 14.5. The molecule has 0 saturated carbocycles. The third kappa shape index (κ3) is 2.83. The van der Waals surface area contributed by atoms with Crippen molar-refractivity contribution in [2.24, 2.45) is 0 Å². The predicted molar refractivity (Wildman–Crippen MR) is 74.7 cm³/mol. The van der Waals surface area contributed by atoms with Crippen LogP contribution in [0.15, 0.2) is 23.4 Å². The zero-order valence-corrected chi connectivity index (χ0v) is 12.5. The summed E-state index contributed by atoms with van der Waals surface area (Å²) in [5, 5.41) is 8.96. The zero-order valence-electron chi connectivity index (χ0n) is 10.8. The first-order valence-corrected chi connectivity index (χ1v) is 8.03. The minimum atomic E-state index is -3.80. The third-order valence-electron chi connectivity index (χ3n) is 2.62. The molecular formula is C11H13N3O4S2. The second-order valence-corrected chi connectivity index (χ2v) is 6.70. The number of aryl methyl sites for hydroxylation is 2. The number of sulfonamides is 1. The first-order chi connectivity index (χ1) is 9.33. The van der Waals surface area contributed by atoms with E-state index < -0.39 is 16.0 Å². The molecule has 0 aliphatic rings. The van der Waals surface area contributed by atoms with Gasteiger partial charge in [0, 0.05) is 12.7 Å².